The number of halogens is 1. The molecule has 0 aliphatic heterocycles. The second-order valence-corrected chi connectivity index (χ2v) is 6.68. The number of hydrogen-bond donors (Lipinski definition) is 1. The summed E-state index contributed by atoms with van der Waals surface area (Å²) < 4.78 is 16.5. The van der Waals surface area contributed by atoms with Crippen molar-refractivity contribution in [1.29, 1.82) is 0 Å². The summed E-state index contributed by atoms with van der Waals surface area (Å²) in [7, 11) is 1.84. The standard InChI is InChI=1S/C20H19FN6O/c1-12(16-11-26(3)24-13(16)2)23-20(28)17-10-19-22-9-8-18(27(19)25-17)14-4-6-15(21)7-5-14/h4-12H,1-3H3,(H,23,28)/t12-/m1/s1. The Balaban J connectivity index is 1.64. The highest BCUT2D eigenvalue weighted by Crippen LogP contribution is 2.21. The molecule has 0 aliphatic rings. The molecule has 1 N–H and O–H groups in total. The predicted molar refractivity (Wildman–Crippen MR) is 102 cm³/mol. The van der Waals surface area contributed by atoms with Crippen LogP contribution in [-0.4, -0.2) is 30.3 Å². The number of aryl methyl sites for hydroxylation is 2. The van der Waals surface area contributed by atoms with Crippen LogP contribution in [0, 0.1) is 12.7 Å². The average Bonchev–Trinajstić information content (AvgIpc) is 3.25. The van der Waals surface area contributed by atoms with Gasteiger partial charge in [0.25, 0.3) is 5.91 Å². The van der Waals surface area contributed by atoms with E-state index >= 15 is 0 Å². The Morgan fingerprint density at radius 3 is 2.61 bits per heavy atom. The van der Waals surface area contributed by atoms with E-state index in [1.54, 1.807) is 39.7 Å². The van der Waals surface area contributed by atoms with E-state index < -0.39 is 0 Å². The molecule has 1 atom stereocenters. The zero-order chi connectivity index (χ0) is 19.8. The van der Waals surface area contributed by atoms with Crippen molar-refractivity contribution in [1.82, 2.24) is 29.7 Å². The van der Waals surface area contributed by atoms with Gasteiger partial charge in [-0.1, -0.05) is 0 Å². The third kappa shape index (κ3) is 3.24. The van der Waals surface area contributed by atoms with Crippen molar-refractivity contribution in [2.75, 3.05) is 0 Å². The van der Waals surface area contributed by atoms with E-state index in [0.717, 1.165) is 22.5 Å². The van der Waals surface area contributed by atoms with E-state index in [4.69, 9.17) is 0 Å². The molecule has 0 saturated heterocycles. The second-order valence-electron chi connectivity index (χ2n) is 6.68. The lowest BCUT2D eigenvalue weighted by Gasteiger charge is -2.11. The van der Waals surface area contributed by atoms with Gasteiger partial charge in [0, 0.05) is 36.6 Å². The van der Waals surface area contributed by atoms with Gasteiger partial charge in [-0.15, -0.1) is 0 Å². The quantitative estimate of drug-likeness (QED) is 0.592. The molecule has 0 aliphatic carbocycles. The molecule has 3 heterocycles. The van der Waals surface area contributed by atoms with E-state index in [1.165, 1.54) is 12.1 Å². The van der Waals surface area contributed by atoms with Crippen molar-refractivity contribution < 1.29 is 9.18 Å². The Labute approximate surface area is 160 Å². The number of amides is 1. The molecule has 0 unspecified atom stereocenters. The van der Waals surface area contributed by atoms with E-state index in [2.05, 4.69) is 20.5 Å². The molecule has 7 nitrogen and oxygen atoms in total. The molecule has 0 spiro atoms. The van der Waals surface area contributed by atoms with Crippen LogP contribution in [0.3, 0.4) is 0 Å². The minimum absolute atomic E-state index is 0.212. The minimum atomic E-state index is -0.311. The highest BCUT2D eigenvalue weighted by Gasteiger charge is 2.19. The fraction of sp³-hybridized carbons (Fsp3) is 0.200. The number of fused-ring (bicyclic) bond motifs is 1. The Morgan fingerprint density at radius 1 is 1.18 bits per heavy atom. The lowest BCUT2D eigenvalue weighted by molar-refractivity contribution is 0.0934. The topological polar surface area (TPSA) is 77.1 Å². The van der Waals surface area contributed by atoms with Crippen LogP contribution < -0.4 is 5.32 Å². The maximum Gasteiger partial charge on any atom is 0.272 e. The van der Waals surface area contributed by atoms with Gasteiger partial charge in [-0.05, 0) is 44.2 Å². The van der Waals surface area contributed by atoms with Crippen LogP contribution in [0.25, 0.3) is 16.9 Å². The molecular formula is C20H19FN6O. The third-order valence-electron chi connectivity index (χ3n) is 4.60. The molecule has 4 rings (SSSR count). The van der Waals surface area contributed by atoms with Gasteiger partial charge in [0.15, 0.2) is 11.3 Å². The summed E-state index contributed by atoms with van der Waals surface area (Å²) >= 11 is 0. The Hall–Kier alpha value is -3.55. The first-order chi connectivity index (χ1) is 13.4. The van der Waals surface area contributed by atoms with Crippen molar-refractivity contribution in [3.8, 4) is 11.3 Å². The number of carbonyl (C=O) groups is 1. The van der Waals surface area contributed by atoms with Crippen molar-refractivity contribution >= 4 is 11.6 Å². The lowest BCUT2D eigenvalue weighted by Crippen LogP contribution is -2.27. The van der Waals surface area contributed by atoms with Gasteiger partial charge in [-0.2, -0.15) is 10.2 Å². The molecule has 0 fully saturated rings. The van der Waals surface area contributed by atoms with Gasteiger partial charge in [-0.25, -0.2) is 13.9 Å². The van der Waals surface area contributed by atoms with Crippen LogP contribution in [0.2, 0.25) is 0 Å². The zero-order valence-electron chi connectivity index (χ0n) is 15.7. The van der Waals surface area contributed by atoms with E-state index in [1.807, 2.05) is 27.1 Å². The summed E-state index contributed by atoms with van der Waals surface area (Å²) in [4.78, 5) is 17.0. The van der Waals surface area contributed by atoms with Crippen molar-refractivity contribution in [2.45, 2.75) is 19.9 Å². The number of rotatable bonds is 4. The van der Waals surface area contributed by atoms with Gasteiger partial charge >= 0.3 is 0 Å². The molecule has 8 heteroatoms. The first-order valence-electron chi connectivity index (χ1n) is 8.84. The molecule has 28 heavy (non-hydrogen) atoms. The highest BCUT2D eigenvalue weighted by atomic mass is 19.1. The Bertz CT molecular complexity index is 1160. The maximum atomic E-state index is 13.2. The van der Waals surface area contributed by atoms with Crippen LogP contribution in [0.15, 0.2) is 48.8 Å². The van der Waals surface area contributed by atoms with Crippen molar-refractivity contribution in [3.63, 3.8) is 0 Å². The number of aromatic nitrogens is 5. The summed E-state index contributed by atoms with van der Waals surface area (Å²) in [5, 5.41) is 11.7. The zero-order valence-corrected chi connectivity index (χ0v) is 15.7. The average molecular weight is 378 g/mol. The molecule has 4 aromatic rings. The molecule has 1 amide bonds. The highest BCUT2D eigenvalue weighted by molar-refractivity contribution is 5.93. The fourth-order valence-electron chi connectivity index (χ4n) is 3.24. The summed E-state index contributed by atoms with van der Waals surface area (Å²) in [6, 6.07) is 9.29. The molecule has 0 saturated carbocycles. The summed E-state index contributed by atoms with van der Waals surface area (Å²) in [5.41, 5.74) is 4.12. The van der Waals surface area contributed by atoms with Crippen LogP contribution in [0.5, 0.6) is 0 Å². The lowest BCUT2D eigenvalue weighted by atomic mass is 10.1. The van der Waals surface area contributed by atoms with Gasteiger partial charge < -0.3 is 5.32 Å². The van der Waals surface area contributed by atoms with Crippen LogP contribution in [0.4, 0.5) is 4.39 Å². The predicted octanol–water partition coefficient (Wildman–Crippen LogP) is 3.07. The van der Waals surface area contributed by atoms with Gasteiger partial charge in [0.1, 0.15) is 5.82 Å². The number of nitrogens with one attached hydrogen (secondary N) is 1. The Morgan fingerprint density at radius 2 is 1.93 bits per heavy atom. The molecule has 1 aromatic carbocycles. The summed E-state index contributed by atoms with van der Waals surface area (Å²) in [5.74, 6) is -0.611. The molecule has 0 bridgehead atoms. The van der Waals surface area contributed by atoms with Crippen molar-refractivity contribution in [2.24, 2.45) is 7.05 Å². The minimum Gasteiger partial charge on any atom is -0.344 e. The Kier molecular flexibility index (Phi) is 4.38. The van der Waals surface area contributed by atoms with E-state index in [-0.39, 0.29) is 23.5 Å². The fourth-order valence-corrected chi connectivity index (χ4v) is 3.24. The van der Waals surface area contributed by atoms with Gasteiger partial charge in [-0.3, -0.25) is 9.48 Å². The second kappa shape index (κ2) is 6.88. The number of carbonyl (C=O) groups excluding carboxylic acids is 1. The van der Waals surface area contributed by atoms with Gasteiger partial charge in [0.05, 0.1) is 17.4 Å². The SMILES string of the molecule is Cc1nn(C)cc1[C@@H](C)NC(=O)c1cc2nccc(-c3ccc(F)cc3)n2n1. The third-order valence-corrected chi connectivity index (χ3v) is 4.60. The number of hydrogen-bond acceptors (Lipinski definition) is 4. The summed E-state index contributed by atoms with van der Waals surface area (Å²) in [6.07, 6.45) is 3.52. The largest absolute Gasteiger partial charge is 0.344 e. The van der Waals surface area contributed by atoms with E-state index in [9.17, 15) is 9.18 Å². The van der Waals surface area contributed by atoms with Crippen LogP contribution in [0.1, 0.15) is 34.7 Å². The van der Waals surface area contributed by atoms with E-state index in [0.29, 0.717) is 5.65 Å². The van der Waals surface area contributed by atoms with Crippen LogP contribution >= 0.6 is 0 Å². The molecule has 0 radical (unpaired) electrons. The molecule has 3 aromatic heterocycles. The maximum absolute atomic E-state index is 13.2. The first-order valence-corrected chi connectivity index (χ1v) is 8.84. The molecule has 142 valence electrons. The normalized spacial score (nSPS) is 12.3. The first kappa shape index (κ1) is 17.8. The molecular weight excluding hydrogens is 359 g/mol. The van der Waals surface area contributed by atoms with Gasteiger partial charge in [0.2, 0.25) is 0 Å². The smallest absolute Gasteiger partial charge is 0.272 e. The summed E-state index contributed by atoms with van der Waals surface area (Å²) in [6.45, 7) is 3.81. The monoisotopic (exact) mass is 378 g/mol. The number of benzene rings is 1. The van der Waals surface area contributed by atoms with Crippen LogP contribution in [-0.2, 0) is 7.05 Å². The number of nitrogens with zero attached hydrogens (tertiary/aromatic N) is 5. The van der Waals surface area contributed by atoms with Crippen molar-refractivity contribution in [3.05, 3.63) is 71.6 Å².